The predicted molar refractivity (Wildman–Crippen MR) is 90.8 cm³/mol. The van der Waals surface area contributed by atoms with Gasteiger partial charge in [0, 0.05) is 45.1 Å². The summed E-state index contributed by atoms with van der Waals surface area (Å²) in [4.78, 5) is 21.2. The molecular weight excluding hydrogens is 310 g/mol. The second-order valence-corrected chi connectivity index (χ2v) is 7.28. The number of nitrogens with zero attached hydrogens (tertiary/aromatic N) is 3. The number of para-hydroxylation sites is 1. The van der Waals surface area contributed by atoms with Crippen LogP contribution in [-0.2, 0) is 9.53 Å². The van der Waals surface area contributed by atoms with Crippen LogP contribution in [0.5, 0.6) is 0 Å². The van der Waals surface area contributed by atoms with Crippen LogP contribution in [0, 0.1) is 0 Å². The highest BCUT2D eigenvalue weighted by Gasteiger charge is 2.31. The molecule has 1 amide bonds. The van der Waals surface area contributed by atoms with E-state index in [9.17, 15) is 4.79 Å². The predicted octanol–water partition coefficient (Wildman–Crippen LogP) is 1.94. The number of aromatic nitrogens is 1. The van der Waals surface area contributed by atoms with E-state index < -0.39 is 0 Å². The van der Waals surface area contributed by atoms with Crippen LogP contribution in [0.3, 0.4) is 0 Å². The molecule has 122 valence electrons. The molecule has 23 heavy (non-hydrogen) atoms. The van der Waals surface area contributed by atoms with Crippen molar-refractivity contribution >= 4 is 27.5 Å². The van der Waals surface area contributed by atoms with Gasteiger partial charge in [0.15, 0.2) is 0 Å². The number of morpholine rings is 1. The van der Waals surface area contributed by atoms with E-state index in [2.05, 4.69) is 23.1 Å². The quantitative estimate of drug-likeness (QED) is 0.859. The third-order valence-corrected chi connectivity index (χ3v) is 5.82. The van der Waals surface area contributed by atoms with Crippen LogP contribution in [0.4, 0.5) is 0 Å². The van der Waals surface area contributed by atoms with Gasteiger partial charge in [0.25, 0.3) is 0 Å². The molecule has 1 aromatic heterocycles. The van der Waals surface area contributed by atoms with E-state index in [1.54, 1.807) is 11.3 Å². The van der Waals surface area contributed by atoms with E-state index in [0.717, 1.165) is 38.2 Å². The zero-order valence-corrected chi connectivity index (χ0v) is 13.9. The minimum atomic E-state index is 0.261. The van der Waals surface area contributed by atoms with E-state index in [-0.39, 0.29) is 5.91 Å². The van der Waals surface area contributed by atoms with Gasteiger partial charge in [-0.2, -0.15) is 0 Å². The van der Waals surface area contributed by atoms with Crippen LogP contribution in [0.2, 0.25) is 0 Å². The number of amides is 1. The monoisotopic (exact) mass is 331 g/mol. The second kappa shape index (κ2) is 6.55. The highest BCUT2D eigenvalue weighted by molar-refractivity contribution is 7.18. The lowest BCUT2D eigenvalue weighted by molar-refractivity contribution is -0.135. The third-order valence-electron chi connectivity index (χ3n) is 4.62. The lowest BCUT2D eigenvalue weighted by Crippen LogP contribution is -2.47. The van der Waals surface area contributed by atoms with E-state index in [1.165, 1.54) is 9.71 Å². The lowest BCUT2D eigenvalue weighted by Gasteiger charge is -2.38. The first-order chi connectivity index (χ1) is 11.3. The largest absolute Gasteiger partial charge is 0.378 e. The van der Waals surface area contributed by atoms with Crippen LogP contribution in [0.1, 0.15) is 17.3 Å². The Morgan fingerprint density at radius 2 is 2.04 bits per heavy atom. The van der Waals surface area contributed by atoms with Crippen molar-refractivity contribution in [3.63, 3.8) is 0 Å². The molecule has 3 heterocycles. The van der Waals surface area contributed by atoms with Crippen molar-refractivity contribution in [3.05, 3.63) is 29.3 Å². The Bertz CT molecular complexity index is 657. The first kappa shape index (κ1) is 15.1. The molecule has 0 N–H and O–H groups in total. The first-order valence-electron chi connectivity index (χ1n) is 8.23. The summed E-state index contributed by atoms with van der Waals surface area (Å²) in [7, 11) is 0. The molecule has 5 nitrogen and oxygen atoms in total. The van der Waals surface area contributed by atoms with Crippen LogP contribution >= 0.6 is 11.3 Å². The maximum atomic E-state index is 12.1. The molecule has 0 unspecified atom stereocenters. The second-order valence-electron chi connectivity index (χ2n) is 6.22. The van der Waals surface area contributed by atoms with E-state index in [4.69, 9.17) is 9.72 Å². The molecule has 2 aliphatic rings. The fraction of sp³-hybridized carbons (Fsp3) is 0.529. The van der Waals surface area contributed by atoms with Crippen molar-refractivity contribution in [2.45, 2.75) is 12.3 Å². The Labute approximate surface area is 139 Å². The Morgan fingerprint density at radius 3 is 2.83 bits per heavy atom. The molecule has 2 saturated heterocycles. The van der Waals surface area contributed by atoms with Crippen molar-refractivity contribution in [2.75, 3.05) is 45.9 Å². The van der Waals surface area contributed by atoms with Gasteiger partial charge in [-0.3, -0.25) is 4.79 Å². The van der Waals surface area contributed by atoms with Crippen molar-refractivity contribution in [1.82, 2.24) is 14.8 Å². The smallest absolute Gasteiger partial charge is 0.224 e. The number of fused-ring (bicyclic) bond motifs is 1. The molecule has 0 aliphatic carbocycles. The number of rotatable bonds is 4. The van der Waals surface area contributed by atoms with Gasteiger partial charge in [-0.25, -0.2) is 4.98 Å². The summed E-state index contributed by atoms with van der Waals surface area (Å²) >= 11 is 1.80. The van der Waals surface area contributed by atoms with Gasteiger partial charge in [0.1, 0.15) is 0 Å². The average molecular weight is 331 g/mol. The zero-order valence-electron chi connectivity index (χ0n) is 13.1. The number of hydrogen-bond acceptors (Lipinski definition) is 5. The standard InChI is InChI=1S/C17H21N3O2S/c21-16(20-7-9-22-10-8-20)5-6-19-11-13(12-19)17-18-14-3-1-2-4-15(14)23-17/h1-4,13H,5-12H2. The molecule has 4 rings (SSSR count). The van der Waals surface area contributed by atoms with Gasteiger partial charge in [0.2, 0.25) is 5.91 Å². The SMILES string of the molecule is O=C(CCN1CC(c2nc3ccccc3s2)C1)N1CCOCC1. The highest BCUT2D eigenvalue weighted by atomic mass is 32.1. The van der Waals surface area contributed by atoms with Crippen molar-refractivity contribution < 1.29 is 9.53 Å². The van der Waals surface area contributed by atoms with Gasteiger partial charge in [0.05, 0.1) is 28.4 Å². The number of benzene rings is 1. The topological polar surface area (TPSA) is 45.7 Å². The van der Waals surface area contributed by atoms with Crippen LogP contribution in [0.25, 0.3) is 10.2 Å². The molecule has 2 aromatic rings. The summed E-state index contributed by atoms with van der Waals surface area (Å²) in [5, 5.41) is 1.24. The minimum absolute atomic E-state index is 0.261. The molecule has 0 bridgehead atoms. The van der Waals surface area contributed by atoms with E-state index >= 15 is 0 Å². The maximum Gasteiger partial charge on any atom is 0.224 e. The number of likely N-dealkylation sites (tertiary alicyclic amines) is 1. The summed E-state index contributed by atoms with van der Waals surface area (Å²) in [6.45, 7) is 5.74. The van der Waals surface area contributed by atoms with Gasteiger partial charge >= 0.3 is 0 Å². The minimum Gasteiger partial charge on any atom is -0.378 e. The van der Waals surface area contributed by atoms with E-state index in [0.29, 0.717) is 25.6 Å². The highest BCUT2D eigenvalue weighted by Crippen LogP contribution is 2.33. The molecule has 0 radical (unpaired) electrons. The maximum absolute atomic E-state index is 12.1. The van der Waals surface area contributed by atoms with Crippen LogP contribution in [-0.4, -0.2) is 66.6 Å². The van der Waals surface area contributed by atoms with Crippen LogP contribution < -0.4 is 0 Å². The summed E-state index contributed by atoms with van der Waals surface area (Å²) in [6.07, 6.45) is 0.618. The van der Waals surface area contributed by atoms with Crippen molar-refractivity contribution in [2.24, 2.45) is 0 Å². The average Bonchev–Trinajstić information content (AvgIpc) is 2.97. The zero-order chi connectivity index (χ0) is 15.6. The van der Waals surface area contributed by atoms with Crippen molar-refractivity contribution in [1.29, 1.82) is 0 Å². The van der Waals surface area contributed by atoms with Gasteiger partial charge in [-0.05, 0) is 12.1 Å². The normalized spacial score (nSPS) is 19.9. The molecule has 1 aromatic carbocycles. The van der Waals surface area contributed by atoms with Gasteiger partial charge in [-0.1, -0.05) is 12.1 Å². The fourth-order valence-electron chi connectivity index (χ4n) is 3.20. The molecule has 2 fully saturated rings. The summed E-state index contributed by atoms with van der Waals surface area (Å²) < 4.78 is 6.55. The Kier molecular flexibility index (Phi) is 4.29. The summed E-state index contributed by atoms with van der Waals surface area (Å²) in [5.74, 6) is 0.794. The van der Waals surface area contributed by atoms with Gasteiger partial charge < -0.3 is 14.5 Å². The lowest BCUT2D eigenvalue weighted by atomic mass is 10.0. The molecule has 0 saturated carbocycles. The number of carbonyl (C=O) groups excluding carboxylic acids is 1. The Hall–Kier alpha value is -1.50. The van der Waals surface area contributed by atoms with E-state index in [1.807, 2.05) is 11.0 Å². The molecule has 2 aliphatic heterocycles. The summed E-state index contributed by atoms with van der Waals surface area (Å²) in [6, 6.07) is 8.31. The number of thiazole rings is 1. The van der Waals surface area contributed by atoms with Gasteiger partial charge in [-0.15, -0.1) is 11.3 Å². The summed E-state index contributed by atoms with van der Waals surface area (Å²) in [5.41, 5.74) is 1.11. The molecule has 0 spiro atoms. The third kappa shape index (κ3) is 3.24. The fourth-order valence-corrected chi connectivity index (χ4v) is 4.25. The Balaban J connectivity index is 1.25. The Morgan fingerprint density at radius 1 is 1.26 bits per heavy atom. The van der Waals surface area contributed by atoms with Crippen molar-refractivity contribution in [3.8, 4) is 0 Å². The first-order valence-corrected chi connectivity index (χ1v) is 9.04. The number of ether oxygens (including phenoxy) is 1. The number of carbonyl (C=O) groups is 1. The number of hydrogen-bond donors (Lipinski definition) is 0. The molecule has 6 heteroatoms. The molecule has 0 atom stereocenters. The molecular formula is C17H21N3O2S. The van der Waals surface area contributed by atoms with Crippen LogP contribution in [0.15, 0.2) is 24.3 Å².